The number of nitrogens with one attached hydrogen (secondary N) is 1. The summed E-state index contributed by atoms with van der Waals surface area (Å²) in [6, 6.07) is 0.0262. The molecule has 1 rings (SSSR count). The second-order valence-electron chi connectivity index (χ2n) is 5.45. The molecule has 0 aromatic carbocycles. The molecule has 0 spiro atoms. The average molecular weight is 316 g/mol. The van der Waals surface area contributed by atoms with Gasteiger partial charge >= 0.3 is 0 Å². The first-order valence-corrected chi connectivity index (χ1v) is 9.24. The Kier molecular flexibility index (Phi) is 7.17. The lowest BCUT2D eigenvalue weighted by Crippen LogP contribution is -2.46. The molecule has 1 fully saturated rings. The van der Waals surface area contributed by atoms with Crippen molar-refractivity contribution < 1.29 is 8.42 Å². The van der Waals surface area contributed by atoms with E-state index in [2.05, 4.69) is 21.8 Å². The van der Waals surface area contributed by atoms with Crippen LogP contribution in [0, 0.1) is 0 Å². The van der Waals surface area contributed by atoms with Gasteiger partial charge in [0.25, 0.3) is 0 Å². The molecular weight excluding hydrogens is 288 g/mol. The van der Waals surface area contributed by atoms with Gasteiger partial charge in [-0.25, -0.2) is 8.42 Å². The number of guanidine groups is 1. The third-order valence-corrected chi connectivity index (χ3v) is 5.05. The Bertz CT molecular complexity index is 462. The lowest BCUT2D eigenvalue weighted by molar-refractivity contribution is 0.380. The van der Waals surface area contributed by atoms with Crippen LogP contribution in [0.25, 0.3) is 0 Å². The van der Waals surface area contributed by atoms with E-state index in [1.807, 2.05) is 13.1 Å². The number of allylic oxidation sites excluding steroid dienone is 1. The number of nitrogens with zero attached hydrogens (tertiary/aromatic N) is 3. The first-order chi connectivity index (χ1) is 9.90. The summed E-state index contributed by atoms with van der Waals surface area (Å²) in [5.74, 6) is 0.805. The van der Waals surface area contributed by atoms with Crippen molar-refractivity contribution in [1.29, 1.82) is 0 Å². The monoisotopic (exact) mass is 316 g/mol. The van der Waals surface area contributed by atoms with Crippen molar-refractivity contribution in [3.63, 3.8) is 0 Å². The van der Waals surface area contributed by atoms with Gasteiger partial charge in [-0.2, -0.15) is 4.31 Å². The first kappa shape index (κ1) is 18.0. The first-order valence-electron chi connectivity index (χ1n) is 7.39. The summed E-state index contributed by atoms with van der Waals surface area (Å²) >= 11 is 0. The van der Waals surface area contributed by atoms with Crippen molar-refractivity contribution >= 4 is 16.0 Å². The van der Waals surface area contributed by atoms with E-state index in [4.69, 9.17) is 0 Å². The van der Waals surface area contributed by atoms with Gasteiger partial charge in [-0.3, -0.25) is 4.99 Å². The topological polar surface area (TPSA) is 65.0 Å². The van der Waals surface area contributed by atoms with Crippen LogP contribution in [0.5, 0.6) is 0 Å². The van der Waals surface area contributed by atoms with E-state index in [9.17, 15) is 8.42 Å². The second kappa shape index (κ2) is 8.38. The lowest BCUT2D eigenvalue weighted by atomic mass is 10.2. The molecule has 122 valence electrons. The summed E-state index contributed by atoms with van der Waals surface area (Å²) in [7, 11) is 0.617. The summed E-state index contributed by atoms with van der Waals surface area (Å²) in [5.41, 5.74) is 0. The number of hydrogen-bond acceptors (Lipinski definition) is 3. The largest absolute Gasteiger partial charge is 0.355 e. The van der Waals surface area contributed by atoms with E-state index < -0.39 is 10.0 Å². The minimum absolute atomic E-state index is 0.0262. The quantitative estimate of drug-likeness (QED) is 0.328. The van der Waals surface area contributed by atoms with Crippen molar-refractivity contribution in [2.75, 3.05) is 40.0 Å². The van der Waals surface area contributed by atoms with Gasteiger partial charge in [-0.15, -0.1) is 6.58 Å². The zero-order chi connectivity index (χ0) is 15.9. The van der Waals surface area contributed by atoms with Crippen molar-refractivity contribution in [2.24, 2.45) is 4.99 Å². The molecule has 0 aliphatic carbocycles. The molecule has 0 unspecified atom stereocenters. The lowest BCUT2D eigenvalue weighted by Gasteiger charge is -2.26. The SMILES string of the molecule is C=CCCCN(C)C(=NC)NC[C@H]1CCCN1S(C)(=O)=O. The van der Waals surface area contributed by atoms with Gasteiger partial charge in [0.15, 0.2) is 5.96 Å². The summed E-state index contributed by atoms with van der Waals surface area (Å²) in [5, 5.41) is 3.28. The summed E-state index contributed by atoms with van der Waals surface area (Å²) in [6.07, 6.45) is 7.02. The van der Waals surface area contributed by atoms with E-state index in [0.717, 1.165) is 38.2 Å². The minimum Gasteiger partial charge on any atom is -0.355 e. The molecule has 21 heavy (non-hydrogen) atoms. The molecule has 7 heteroatoms. The van der Waals surface area contributed by atoms with Gasteiger partial charge in [0.05, 0.1) is 6.26 Å². The Morgan fingerprint density at radius 3 is 2.86 bits per heavy atom. The van der Waals surface area contributed by atoms with Gasteiger partial charge < -0.3 is 10.2 Å². The molecule has 0 aromatic rings. The minimum atomic E-state index is -3.12. The van der Waals surface area contributed by atoms with E-state index in [1.165, 1.54) is 6.26 Å². The fourth-order valence-electron chi connectivity index (χ4n) is 2.62. The Morgan fingerprint density at radius 1 is 1.57 bits per heavy atom. The molecule has 1 aliphatic heterocycles. The zero-order valence-corrected chi connectivity index (χ0v) is 14.2. The molecule has 0 amide bonds. The Balaban J connectivity index is 2.50. The van der Waals surface area contributed by atoms with Gasteiger partial charge in [-0.05, 0) is 25.7 Å². The maximum absolute atomic E-state index is 11.7. The third-order valence-electron chi connectivity index (χ3n) is 3.72. The van der Waals surface area contributed by atoms with E-state index in [-0.39, 0.29) is 6.04 Å². The van der Waals surface area contributed by atoms with Crippen LogP contribution in [0.4, 0.5) is 0 Å². The predicted molar refractivity (Wildman–Crippen MR) is 88.0 cm³/mol. The molecule has 1 saturated heterocycles. The molecule has 6 nitrogen and oxygen atoms in total. The van der Waals surface area contributed by atoms with Gasteiger partial charge in [0, 0.05) is 39.8 Å². The summed E-state index contributed by atoms with van der Waals surface area (Å²) in [6.45, 7) is 5.84. The number of aliphatic imine (C=N–C) groups is 1. The van der Waals surface area contributed by atoms with Crippen molar-refractivity contribution in [3.8, 4) is 0 Å². The number of hydrogen-bond donors (Lipinski definition) is 1. The van der Waals surface area contributed by atoms with Crippen molar-refractivity contribution in [1.82, 2.24) is 14.5 Å². The fourth-order valence-corrected chi connectivity index (χ4v) is 3.80. The van der Waals surface area contributed by atoms with E-state index in [1.54, 1.807) is 11.4 Å². The van der Waals surface area contributed by atoms with Gasteiger partial charge in [0.1, 0.15) is 0 Å². The number of rotatable bonds is 7. The van der Waals surface area contributed by atoms with Crippen LogP contribution in [0.2, 0.25) is 0 Å². The van der Waals surface area contributed by atoms with Gasteiger partial charge in [0.2, 0.25) is 10.0 Å². The maximum Gasteiger partial charge on any atom is 0.211 e. The highest BCUT2D eigenvalue weighted by atomic mass is 32.2. The van der Waals surface area contributed by atoms with Crippen LogP contribution in [0.1, 0.15) is 25.7 Å². The highest BCUT2D eigenvalue weighted by Gasteiger charge is 2.31. The Labute approximate surface area is 129 Å². The smallest absolute Gasteiger partial charge is 0.211 e. The standard InChI is InChI=1S/C14H28N4O2S/c1-5-6-7-10-17(3)14(15-2)16-12-13-9-8-11-18(13)21(4,19)20/h5,13H,1,6-12H2,2-4H3,(H,15,16)/t13-/m1/s1. The van der Waals surface area contributed by atoms with Crippen molar-refractivity contribution in [2.45, 2.75) is 31.7 Å². The molecule has 0 radical (unpaired) electrons. The predicted octanol–water partition coefficient (Wildman–Crippen LogP) is 0.884. The zero-order valence-electron chi connectivity index (χ0n) is 13.4. The van der Waals surface area contributed by atoms with Crippen molar-refractivity contribution in [3.05, 3.63) is 12.7 Å². The molecule has 1 aliphatic rings. The second-order valence-corrected chi connectivity index (χ2v) is 7.39. The van der Waals surface area contributed by atoms with E-state index in [0.29, 0.717) is 13.1 Å². The average Bonchev–Trinajstić information content (AvgIpc) is 2.88. The van der Waals surface area contributed by atoms with Crippen LogP contribution in [-0.4, -0.2) is 69.6 Å². The molecule has 1 heterocycles. The number of unbranched alkanes of at least 4 members (excludes halogenated alkanes) is 1. The molecule has 0 bridgehead atoms. The molecule has 0 aromatic heterocycles. The highest BCUT2D eigenvalue weighted by Crippen LogP contribution is 2.19. The summed E-state index contributed by atoms with van der Waals surface area (Å²) < 4.78 is 25.0. The van der Waals surface area contributed by atoms with Gasteiger partial charge in [-0.1, -0.05) is 6.08 Å². The van der Waals surface area contributed by atoms with Crippen LogP contribution in [0.15, 0.2) is 17.6 Å². The number of sulfonamides is 1. The molecule has 1 atom stereocenters. The molecule has 0 saturated carbocycles. The fraction of sp³-hybridized carbons (Fsp3) is 0.786. The van der Waals surface area contributed by atoms with Crippen LogP contribution in [0.3, 0.4) is 0 Å². The highest BCUT2D eigenvalue weighted by molar-refractivity contribution is 7.88. The van der Waals surface area contributed by atoms with Crippen LogP contribution < -0.4 is 5.32 Å². The Morgan fingerprint density at radius 2 is 2.29 bits per heavy atom. The van der Waals surface area contributed by atoms with Crippen LogP contribution >= 0.6 is 0 Å². The normalized spacial score (nSPS) is 20.5. The van der Waals surface area contributed by atoms with Crippen LogP contribution in [-0.2, 0) is 10.0 Å². The molecule has 1 N–H and O–H groups in total. The summed E-state index contributed by atoms with van der Waals surface area (Å²) in [4.78, 5) is 6.31. The molecular formula is C14H28N4O2S. The third kappa shape index (κ3) is 5.67. The Hall–Kier alpha value is -1.08. The van der Waals surface area contributed by atoms with E-state index >= 15 is 0 Å². The maximum atomic E-state index is 11.7.